The molecule has 1 aliphatic carbocycles. The monoisotopic (exact) mass is 301 g/mol. The smallest absolute Gasteiger partial charge is 0.344 e. The minimum Gasteiger partial charge on any atom is -0.454 e. The summed E-state index contributed by atoms with van der Waals surface area (Å²) in [5, 5.41) is 4.22. The van der Waals surface area contributed by atoms with E-state index in [0.717, 1.165) is 25.7 Å². The van der Waals surface area contributed by atoms with E-state index < -0.39 is 5.97 Å². The van der Waals surface area contributed by atoms with E-state index in [1.165, 1.54) is 10.9 Å². The highest BCUT2D eigenvalue weighted by Gasteiger charge is 2.24. The molecule has 0 aliphatic heterocycles. The lowest BCUT2D eigenvalue weighted by Gasteiger charge is -2.19. The zero-order valence-corrected chi connectivity index (χ0v) is 12.6. The van der Waals surface area contributed by atoms with Crippen LogP contribution < -0.4 is 0 Å². The first-order valence-electron chi connectivity index (χ1n) is 7.66. The molecular weight excluding hydrogens is 282 g/mol. The van der Waals surface area contributed by atoms with E-state index in [2.05, 4.69) is 10.1 Å². The lowest BCUT2D eigenvalue weighted by molar-refractivity contribution is -0.126. The Bertz CT molecular complexity index is 702. The van der Waals surface area contributed by atoms with Crippen molar-refractivity contribution in [3.05, 3.63) is 29.7 Å². The Balaban J connectivity index is 1.68. The van der Waals surface area contributed by atoms with Crippen LogP contribution in [0.25, 0.3) is 5.65 Å². The first kappa shape index (κ1) is 14.7. The number of ether oxygens (including phenoxy) is 1. The predicted molar refractivity (Wildman–Crippen MR) is 79.6 cm³/mol. The van der Waals surface area contributed by atoms with Crippen LogP contribution in [0.3, 0.4) is 0 Å². The summed E-state index contributed by atoms with van der Waals surface area (Å²) in [5.74, 6) is -0.463. The van der Waals surface area contributed by atoms with Crippen molar-refractivity contribution in [3.8, 4) is 0 Å². The van der Waals surface area contributed by atoms with Gasteiger partial charge in [0.25, 0.3) is 0 Å². The highest BCUT2D eigenvalue weighted by Crippen LogP contribution is 2.24. The lowest BCUT2D eigenvalue weighted by atomic mass is 9.86. The van der Waals surface area contributed by atoms with Crippen molar-refractivity contribution in [3.63, 3.8) is 0 Å². The number of aromatic nitrogens is 3. The number of hydrogen-bond acceptors (Lipinski definition) is 5. The molecule has 2 aromatic rings. The molecule has 0 N–H and O–H groups in total. The highest BCUT2D eigenvalue weighted by atomic mass is 16.5. The maximum Gasteiger partial charge on any atom is 0.344 e. The van der Waals surface area contributed by atoms with E-state index in [1.807, 2.05) is 0 Å². The van der Waals surface area contributed by atoms with Gasteiger partial charge in [0, 0.05) is 18.3 Å². The second-order valence-corrected chi connectivity index (χ2v) is 5.73. The molecule has 0 radical (unpaired) electrons. The van der Waals surface area contributed by atoms with Crippen LogP contribution in [-0.2, 0) is 9.53 Å². The zero-order valence-electron chi connectivity index (χ0n) is 12.6. The predicted octanol–water partition coefficient (Wildman–Crippen LogP) is 2.34. The molecule has 6 nitrogen and oxygen atoms in total. The van der Waals surface area contributed by atoms with Crippen molar-refractivity contribution in [2.24, 2.45) is 5.92 Å². The third-order valence-electron chi connectivity index (χ3n) is 4.18. The number of Topliss-reactive ketones (excluding diaryl/α,β-unsaturated/α-hetero) is 1. The topological polar surface area (TPSA) is 73.6 Å². The Labute approximate surface area is 128 Å². The fourth-order valence-electron chi connectivity index (χ4n) is 2.99. The Morgan fingerprint density at radius 3 is 2.86 bits per heavy atom. The molecular formula is C16H19N3O3. The number of carbonyl (C=O) groups excluding carboxylic acids is 2. The van der Waals surface area contributed by atoms with E-state index >= 15 is 0 Å². The van der Waals surface area contributed by atoms with Crippen LogP contribution in [-0.4, -0.2) is 33.0 Å². The second-order valence-electron chi connectivity index (χ2n) is 5.73. The molecule has 116 valence electrons. The first-order chi connectivity index (χ1) is 10.7. The van der Waals surface area contributed by atoms with E-state index in [-0.39, 0.29) is 18.3 Å². The van der Waals surface area contributed by atoms with E-state index in [1.54, 1.807) is 25.4 Å². The summed E-state index contributed by atoms with van der Waals surface area (Å²) in [6.45, 7) is 1.57. The van der Waals surface area contributed by atoms with Crippen molar-refractivity contribution >= 4 is 17.4 Å². The molecule has 3 rings (SSSR count). The normalized spacial score (nSPS) is 15.9. The van der Waals surface area contributed by atoms with Gasteiger partial charge >= 0.3 is 5.97 Å². The van der Waals surface area contributed by atoms with Gasteiger partial charge in [0.15, 0.2) is 18.0 Å². The Hall–Kier alpha value is -2.24. The third-order valence-corrected chi connectivity index (χ3v) is 4.18. The van der Waals surface area contributed by atoms with E-state index in [0.29, 0.717) is 16.9 Å². The van der Waals surface area contributed by atoms with Crippen LogP contribution in [0.1, 0.15) is 48.2 Å². The quantitative estimate of drug-likeness (QED) is 0.810. The van der Waals surface area contributed by atoms with Gasteiger partial charge in [-0.05, 0) is 25.8 Å². The van der Waals surface area contributed by atoms with Gasteiger partial charge in [0.05, 0.1) is 5.69 Å². The number of fused-ring (bicyclic) bond motifs is 1. The third kappa shape index (κ3) is 2.86. The number of hydrogen-bond donors (Lipinski definition) is 0. The molecule has 0 unspecified atom stereocenters. The van der Waals surface area contributed by atoms with Crippen molar-refractivity contribution in [1.29, 1.82) is 0 Å². The van der Waals surface area contributed by atoms with Gasteiger partial charge in [-0.1, -0.05) is 19.3 Å². The lowest BCUT2D eigenvalue weighted by Crippen LogP contribution is -2.24. The van der Waals surface area contributed by atoms with Crippen molar-refractivity contribution in [1.82, 2.24) is 14.6 Å². The van der Waals surface area contributed by atoms with Crippen LogP contribution in [0, 0.1) is 12.8 Å². The Kier molecular flexibility index (Phi) is 4.18. The van der Waals surface area contributed by atoms with Crippen molar-refractivity contribution in [2.45, 2.75) is 39.0 Å². The number of ketones is 1. The standard InChI is InChI=1S/C16H19N3O3/c1-11-14(15-17-8-5-9-19(15)18-11)16(21)22-10-13(20)12-6-3-2-4-7-12/h5,8-9,12H,2-4,6-7,10H2,1H3. The highest BCUT2D eigenvalue weighted by molar-refractivity contribution is 5.98. The van der Waals surface area contributed by atoms with Crippen LogP contribution >= 0.6 is 0 Å². The summed E-state index contributed by atoms with van der Waals surface area (Å²) in [4.78, 5) is 28.5. The molecule has 0 aromatic carbocycles. The summed E-state index contributed by atoms with van der Waals surface area (Å²) in [6.07, 6.45) is 8.50. The van der Waals surface area contributed by atoms with Gasteiger partial charge < -0.3 is 4.74 Å². The zero-order chi connectivity index (χ0) is 15.5. The molecule has 22 heavy (non-hydrogen) atoms. The average Bonchev–Trinajstić information content (AvgIpc) is 2.89. The van der Waals surface area contributed by atoms with Gasteiger partial charge in [0.2, 0.25) is 0 Å². The maximum absolute atomic E-state index is 12.3. The molecule has 1 aliphatic rings. The Morgan fingerprint density at radius 2 is 2.09 bits per heavy atom. The summed E-state index contributed by atoms with van der Waals surface area (Å²) < 4.78 is 6.75. The van der Waals surface area contributed by atoms with Gasteiger partial charge in [-0.2, -0.15) is 5.10 Å². The molecule has 0 amide bonds. The molecule has 2 heterocycles. The SMILES string of the molecule is Cc1nn2cccnc2c1C(=O)OCC(=O)C1CCCCC1. The van der Waals surface area contributed by atoms with Gasteiger partial charge in [0.1, 0.15) is 5.56 Å². The number of rotatable bonds is 4. The van der Waals surface area contributed by atoms with Crippen LogP contribution in [0.4, 0.5) is 0 Å². The first-order valence-corrected chi connectivity index (χ1v) is 7.66. The van der Waals surface area contributed by atoms with Crippen molar-refractivity contribution in [2.75, 3.05) is 6.61 Å². The van der Waals surface area contributed by atoms with Crippen LogP contribution in [0.15, 0.2) is 18.5 Å². The van der Waals surface area contributed by atoms with Crippen LogP contribution in [0.5, 0.6) is 0 Å². The largest absolute Gasteiger partial charge is 0.454 e. The second kappa shape index (κ2) is 6.25. The fraction of sp³-hybridized carbons (Fsp3) is 0.500. The molecule has 6 heteroatoms. The number of carbonyl (C=O) groups is 2. The van der Waals surface area contributed by atoms with Gasteiger partial charge in [-0.3, -0.25) is 4.79 Å². The van der Waals surface area contributed by atoms with Gasteiger partial charge in [-0.25, -0.2) is 14.3 Å². The molecule has 1 fully saturated rings. The summed E-state index contributed by atoms with van der Waals surface area (Å²) in [5.41, 5.74) is 1.33. The number of nitrogens with zero attached hydrogens (tertiary/aromatic N) is 3. The molecule has 0 atom stereocenters. The van der Waals surface area contributed by atoms with Gasteiger partial charge in [-0.15, -0.1) is 0 Å². The average molecular weight is 301 g/mol. The molecule has 2 aromatic heterocycles. The molecule has 0 spiro atoms. The minimum atomic E-state index is -0.532. The summed E-state index contributed by atoms with van der Waals surface area (Å²) in [6, 6.07) is 1.74. The minimum absolute atomic E-state index is 0.0233. The van der Waals surface area contributed by atoms with Crippen molar-refractivity contribution < 1.29 is 14.3 Å². The number of esters is 1. The molecule has 0 saturated heterocycles. The Morgan fingerprint density at radius 1 is 1.32 bits per heavy atom. The summed E-state index contributed by atoms with van der Waals surface area (Å²) in [7, 11) is 0. The summed E-state index contributed by atoms with van der Waals surface area (Å²) >= 11 is 0. The van der Waals surface area contributed by atoms with E-state index in [4.69, 9.17) is 4.74 Å². The van der Waals surface area contributed by atoms with Crippen LogP contribution in [0.2, 0.25) is 0 Å². The fourth-order valence-corrected chi connectivity index (χ4v) is 2.99. The molecule has 0 bridgehead atoms. The maximum atomic E-state index is 12.3. The number of aryl methyl sites for hydroxylation is 1. The van der Waals surface area contributed by atoms with E-state index in [9.17, 15) is 9.59 Å². The molecule has 1 saturated carbocycles.